The molecule has 1 aliphatic rings. The van der Waals surface area contributed by atoms with Crippen LogP contribution in [0.5, 0.6) is 0 Å². The first-order chi connectivity index (χ1) is 10.2. The number of fused-ring (bicyclic) bond motifs is 1. The Morgan fingerprint density at radius 3 is 2.95 bits per heavy atom. The van der Waals surface area contributed by atoms with E-state index in [1.54, 1.807) is 0 Å². The van der Waals surface area contributed by atoms with Crippen molar-refractivity contribution in [2.45, 2.75) is 45.9 Å². The molecule has 4 nitrogen and oxygen atoms in total. The summed E-state index contributed by atoms with van der Waals surface area (Å²) >= 11 is 0. The summed E-state index contributed by atoms with van der Waals surface area (Å²) in [5, 5.41) is 4.49. The van der Waals surface area contributed by atoms with Gasteiger partial charge < -0.3 is 4.74 Å². The van der Waals surface area contributed by atoms with Crippen LogP contribution in [-0.2, 0) is 24.4 Å². The van der Waals surface area contributed by atoms with Crippen molar-refractivity contribution in [2.24, 2.45) is 0 Å². The minimum atomic E-state index is 0.110. The highest BCUT2D eigenvalue weighted by Crippen LogP contribution is 2.21. The van der Waals surface area contributed by atoms with Crippen LogP contribution in [0, 0.1) is 0 Å². The molecule has 0 saturated heterocycles. The lowest BCUT2D eigenvalue weighted by Gasteiger charge is -2.08. The predicted molar refractivity (Wildman–Crippen MR) is 80.2 cm³/mol. The van der Waals surface area contributed by atoms with Gasteiger partial charge >= 0.3 is 0 Å². The first kappa shape index (κ1) is 14.0. The highest BCUT2D eigenvalue weighted by Gasteiger charge is 2.15. The summed E-state index contributed by atoms with van der Waals surface area (Å²) in [4.78, 5) is 12.4. The summed E-state index contributed by atoms with van der Waals surface area (Å²) in [7, 11) is 0. The van der Waals surface area contributed by atoms with Crippen LogP contribution in [-0.4, -0.2) is 15.6 Å². The average Bonchev–Trinajstić information content (AvgIpc) is 3.14. The molecule has 0 saturated carbocycles. The lowest BCUT2D eigenvalue weighted by atomic mass is 10.0. The number of benzene rings is 1. The third kappa shape index (κ3) is 2.90. The molecule has 0 aliphatic carbocycles. The summed E-state index contributed by atoms with van der Waals surface area (Å²) < 4.78 is 7.31. The molecule has 0 fully saturated rings. The fourth-order valence-corrected chi connectivity index (χ4v) is 2.52. The smallest absolute Gasteiger partial charge is 0.168 e. The SMILES string of the molecule is CCC(C)n1ccc(CC(=O)c2ccc3c(c2)COC3)n1. The Morgan fingerprint density at radius 1 is 1.33 bits per heavy atom. The minimum absolute atomic E-state index is 0.110. The molecular formula is C17H20N2O2. The number of carbonyl (C=O) groups is 1. The third-order valence-corrected chi connectivity index (χ3v) is 4.09. The molecule has 21 heavy (non-hydrogen) atoms. The fourth-order valence-electron chi connectivity index (χ4n) is 2.52. The monoisotopic (exact) mass is 284 g/mol. The Labute approximate surface area is 124 Å². The summed E-state index contributed by atoms with van der Waals surface area (Å²) in [5.74, 6) is 0.110. The van der Waals surface area contributed by atoms with Gasteiger partial charge in [0.2, 0.25) is 0 Å². The van der Waals surface area contributed by atoms with Gasteiger partial charge in [-0.1, -0.05) is 19.1 Å². The van der Waals surface area contributed by atoms with Crippen molar-refractivity contribution in [1.82, 2.24) is 9.78 Å². The van der Waals surface area contributed by atoms with Crippen LogP contribution in [0.3, 0.4) is 0 Å². The molecule has 1 aromatic carbocycles. The largest absolute Gasteiger partial charge is 0.372 e. The fraction of sp³-hybridized carbons (Fsp3) is 0.412. The van der Waals surface area contributed by atoms with E-state index in [4.69, 9.17) is 4.74 Å². The summed E-state index contributed by atoms with van der Waals surface area (Å²) in [6.45, 7) is 5.52. The van der Waals surface area contributed by atoms with Gasteiger partial charge in [0.25, 0.3) is 0 Å². The van der Waals surface area contributed by atoms with Gasteiger partial charge in [0.1, 0.15) is 0 Å². The lowest BCUT2D eigenvalue weighted by molar-refractivity contribution is 0.0991. The van der Waals surface area contributed by atoms with Crippen molar-refractivity contribution in [3.63, 3.8) is 0 Å². The number of nitrogens with zero attached hydrogens (tertiary/aromatic N) is 2. The first-order valence-corrected chi connectivity index (χ1v) is 7.44. The van der Waals surface area contributed by atoms with Gasteiger partial charge in [-0.05, 0) is 36.6 Å². The van der Waals surface area contributed by atoms with Gasteiger partial charge in [0.15, 0.2) is 5.78 Å². The van der Waals surface area contributed by atoms with Gasteiger partial charge in [-0.2, -0.15) is 5.10 Å². The van der Waals surface area contributed by atoms with Crippen LogP contribution in [0.15, 0.2) is 30.5 Å². The summed E-state index contributed by atoms with van der Waals surface area (Å²) in [6.07, 6.45) is 3.33. The second kappa shape index (κ2) is 5.82. The van der Waals surface area contributed by atoms with E-state index >= 15 is 0 Å². The number of hydrogen-bond acceptors (Lipinski definition) is 3. The number of ketones is 1. The van der Waals surface area contributed by atoms with Crippen LogP contribution in [0.1, 0.15) is 53.5 Å². The molecule has 2 heterocycles. The third-order valence-electron chi connectivity index (χ3n) is 4.09. The summed E-state index contributed by atoms with van der Waals surface area (Å²) in [5.41, 5.74) is 3.90. The maximum absolute atomic E-state index is 12.4. The number of Topliss-reactive ketones (excluding diaryl/α,β-unsaturated/α-hetero) is 1. The molecule has 3 rings (SSSR count). The van der Waals surface area contributed by atoms with E-state index < -0.39 is 0 Å². The van der Waals surface area contributed by atoms with Gasteiger partial charge in [-0.15, -0.1) is 0 Å². The van der Waals surface area contributed by atoms with Crippen LogP contribution in [0.2, 0.25) is 0 Å². The Morgan fingerprint density at radius 2 is 2.14 bits per heavy atom. The molecule has 0 spiro atoms. The van der Waals surface area contributed by atoms with Crippen LogP contribution in [0.4, 0.5) is 0 Å². The van der Waals surface area contributed by atoms with E-state index in [-0.39, 0.29) is 5.78 Å². The highest BCUT2D eigenvalue weighted by atomic mass is 16.5. The number of aromatic nitrogens is 2. The molecule has 0 bridgehead atoms. The summed E-state index contributed by atoms with van der Waals surface area (Å²) in [6, 6.07) is 8.14. The van der Waals surface area contributed by atoms with Gasteiger partial charge in [-0.3, -0.25) is 9.48 Å². The lowest BCUT2D eigenvalue weighted by Crippen LogP contribution is -2.08. The first-order valence-electron chi connectivity index (χ1n) is 7.44. The molecule has 1 atom stereocenters. The minimum Gasteiger partial charge on any atom is -0.372 e. The maximum Gasteiger partial charge on any atom is 0.168 e. The zero-order chi connectivity index (χ0) is 14.8. The van der Waals surface area contributed by atoms with Crippen molar-refractivity contribution < 1.29 is 9.53 Å². The van der Waals surface area contributed by atoms with Crippen molar-refractivity contribution in [1.29, 1.82) is 0 Å². The number of rotatable bonds is 5. The Hall–Kier alpha value is -1.94. The predicted octanol–water partition coefficient (Wildman–Crippen LogP) is 3.31. The van der Waals surface area contributed by atoms with Crippen LogP contribution >= 0.6 is 0 Å². The topological polar surface area (TPSA) is 44.1 Å². The zero-order valence-corrected chi connectivity index (χ0v) is 12.5. The van der Waals surface area contributed by atoms with E-state index in [0.29, 0.717) is 25.7 Å². The second-order valence-corrected chi connectivity index (χ2v) is 5.62. The van der Waals surface area contributed by atoms with E-state index in [1.165, 1.54) is 5.56 Å². The molecule has 2 aromatic rings. The molecule has 1 aliphatic heterocycles. The molecule has 1 unspecified atom stereocenters. The number of ether oxygens (including phenoxy) is 1. The van der Waals surface area contributed by atoms with E-state index in [1.807, 2.05) is 35.1 Å². The van der Waals surface area contributed by atoms with Crippen molar-refractivity contribution in [3.8, 4) is 0 Å². The molecule has 0 amide bonds. The normalized spacial score (nSPS) is 15.0. The molecule has 0 N–H and O–H groups in total. The van der Waals surface area contributed by atoms with Gasteiger partial charge in [0.05, 0.1) is 25.3 Å². The Balaban J connectivity index is 1.73. The van der Waals surface area contributed by atoms with Crippen molar-refractivity contribution >= 4 is 5.78 Å². The highest BCUT2D eigenvalue weighted by molar-refractivity contribution is 5.97. The van der Waals surface area contributed by atoms with E-state index in [2.05, 4.69) is 18.9 Å². The van der Waals surface area contributed by atoms with Crippen LogP contribution < -0.4 is 0 Å². The molecule has 0 radical (unpaired) electrons. The van der Waals surface area contributed by atoms with Gasteiger partial charge in [0, 0.05) is 17.8 Å². The average molecular weight is 284 g/mol. The van der Waals surface area contributed by atoms with E-state index in [0.717, 1.165) is 23.2 Å². The zero-order valence-electron chi connectivity index (χ0n) is 12.5. The Bertz CT molecular complexity index is 661. The van der Waals surface area contributed by atoms with Crippen molar-refractivity contribution in [2.75, 3.05) is 0 Å². The molecule has 110 valence electrons. The van der Waals surface area contributed by atoms with Crippen LogP contribution in [0.25, 0.3) is 0 Å². The molecule has 1 aromatic heterocycles. The quantitative estimate of drug-likeness (QED) is 0.791. The molecular weight excluding hydrogens is 264 g/mol. The number of carbonyl (C=O) groups excluding carboxylic acids is 1. The maximum atomic E-state index is 12.4. The van der Waals surface area contributed by atoms with E-state index in [9.17, 15) is 4.79 Å². The Kier molecular flexibility index (Phi) is 3.88. The number of hydrogen-bond donors (Lipinski definition) is 0. The van der Waals surface area contributed by atoms with Gasteiger partial charge in [-0.25, -0.2) is 0 Å². The second-order valence-electron chi connectivity index (χ2n) is 5.62. The standard InChI is InChI=1S/C17H20N2O2/c1-3-12(2)19-7-6-16(18-19)9-17(20)13-4-5-14-10-21-11-15(14)8-13/h4-8,12H,3,9-11H2,1-2H3. The van der Waals surface area contributed by atoms with Crippen molar-refractivity contribution in [3.05, 3.63) is 52.8 Å². The molecule has 4 heteroatoms.